The van der Waals surface area contributed by atoms with Gasteiger partial charge in [0.1, 0.15) is 5.56 Å². The minimum Gasteiger partial charge on any atom is -0.382 e. The second-order valence-electron chi connectivity index (χ2n) is 4.25. The van der Waals surface area contributed by atoms with Crippen molar-refractivity contribution in [3.63, 3.8) is 0 Å². The molecule has 0 aliphatic carbocycles. The van der Waals surface area contributed by atoms with E-state index in [0.717, 1.165) is 17.7 Å². The highest BCUT2D eigenvalue weighted by Crippen LogP contribution is 2.12. The van der Waals surface area contributed by atoms with Gasteiger partial charge in [-0.05, 0) is 25.0 Å². The molecule has 2 heterocycles. The summed E-state index contributed by atoms with van der Waals surface area (Å²) in [5.74, 6) is -0.0248. The van der Waals surface area contributed by atoms with Crippen molar-refractivity contribution in [2.45, 2.75) is 26.8 Å². The van der Waals surface area contributed by atoms with Crippen molar-refractivity contribution in [3.05, 3.63) is 40.8 Å². The number of pyridine rings is 1. The van der Waals surface area contributed by atoms with Crippen LogP contribution in [0.1, 0.15) is 34.2 Å². The van der Waals surface area contributed by atoms with Gasteiger partial charge in [-0.25, -0.2) is 0 Å². The second kappa shape index (κ2) is 5.51. The number of rotatable bonds is 4. The van der Waals surface area contributed by atoms with E-state index in [9.17, 15) is 4.79 Å². The van der Waals surface area contributed by atoms with Crippen molar-refractivity contribution in [2.75, 3.05) is 5.73 Å². The van der Waals surface area contributed by atoms with E-state index in [1.807, 2.05) is 12.1 Å². The fourth-order valence-electron chi connectivity index (χ4n) is 1.94. The predicted molar refractivity (Wildman–Crippen MR) is 72.5 cm³/mol. The van der Waals surface area contributed by atoms with E-state index in [-0.39, 0.29) is 11.7 Å². The average Bonchev–Trinajstić information content (AvgIpc) is 2.76. The molecule has 0 radical (unpaired) electrons. The van der Waals surface area contributed by atoms with E-state index < -0.39 is 0 Å². The molecule has 6 nitrogen and oxygen atoms in total. The lowest BCUT2D eigenvalue weighted by Crippen LogP contribution is -2.25. The van der Waals surface area contributed by atoms with Crippen LogP contribution in [0.3, 0.4) is 0 Å². The SMILES string of the molecule is CCc1cccnc1CNC(=O)c1c(N)n[nH]c1C. The highest BCUT2D eigenvalue weighted by molar-refractivity contribution is 5.99. The van der Waals surface area contributed by atoms with Gasteiger partial charge in [-0.2, -0.15) is 5.10 Å². The van der Waals surface area contributed by atoms with Gasteiger partial charge in [0.2, 0.25) is 0 Å². The summed E-state index contributed by atoms with van der Waals surface area (Å²) in [5, 5.41) is 9.31. The van der Waals surface area contributed by atoms with E-state index in [2.05, 4.69) is 27.4 Å². The van der Waals surface area contributed by atoms with Crippen LogP contribution in [0.4, 0.5) is 5.82 Å². The molecule has 6 heteroatoms. The van der Waals surface area contributed by atoms with Crippen molar-refractivity contribution in [3.8, 4) is 0 Å². The third-order valence-electron chi connectivity index (χ3n) is 2.98. The number of hydrogen-bond donors (Lipinski definition) is 3. The number of nitrogens with two attached hydrogens (primary N) is 1. The number of hydrogen-bond acceptors (Lipinski definition) is 4. The van der Waals surface area contributed by atoms with Crippen molar-refractivity contribution in [1.82, 2.24) is 20.5 Å². The average molecular weight is 259 g/mol. The quantitative estimate of drug-likeness (QED) is 0.768. The maximum atomic E-state index is 12.0. The zero-order chi connectivity index (χ0) is 13.8. The molecule has 0 fully saturated rings. The Bertz CT molecular complexity index is 571. The van der Waals surface area contributed by atoms with Gasteiger partial charge in [-0.3, -0.25) is 14.9 Å². The summed E-state index contributed by atoms with van der Waals surface area (Å²) < 4.78 is 0. The normalized spacial score (nSPS) is 10.4. The first kappa shape index (κ1) is 13.1. The van der Waals surface area contributed by atoms with Crippen LogP contribution in [0.25, 0.3) is 0 Å². The summed E-state index contributed by atoms with van der Waals surface area (Å²) in [6.07, 6.45) is 2.60. The lowest BCUT2D eigenvalue weighted by Gasteiger charge is -2.08. The molecule has 100 valence electrons. The minimum absolute atomic E-state index is 0.215. The number of anilines is 1. The van der Waals surface area contributed by atoms with E-state index >= 15 is 0 Å². The molecule has 2 aromatic heterocycles. The standard InChI is InChI=1S/C13H17N5O/c1-3-9-5-4-6-15-10(9)7-16-13(19)11-8(2)17-18-12(11)14/h4-6H,3,7H2,1-2H3,(H,16,19)(H3,14,17,18). The van der Waals surface area contributed by atoms with Gasteiger partial charge < -0.3 is 11.1 Å². The summed E-state index contributed by atoms with van der Waals surface area (Å²) in [7, 11) is 0. The molecule has 2 aromatic rings. The molecule has 0 atom stereocenters. The number of aromatic amines is 1. The van der Waals surface area contributed by atoms with Gasteiger partial charge in [-0.15, -0.1) is 0 Å². The molecule has 4 N–H and O–H groups in total. The molecule has 0 spiro atoms. The summed E-state index contributed by atoms with van der Waals surface area (Å²) in [6.45, 7) is 4.20. The lowest BCUT2D eigenvalue weighted by atomic mass is 10.1. The Kier molecular flexibility index (Phi) is 3.79. The Hall–Kier alpha value is -2.37. The number of nitrogens with zero attached hydrogens (tertiary/aromatic N) is 2. The van der Waals surface area contributed by atoms with Gasteiger partial charge in [0.15, 0.2) is 5.82 Å². The fraction of sp³-hybridized carbons (Fsp3) is 0.308. The Morgan fingerprint density at radius 1 is 1.53 bits per heavy atom. The zero-order valence-corrected chi connectivity index (χ0v) is 11.0. The summed E-state index contributed by atoms with van der Waals surface area (Å²) in [5.41, 5.74) is 8.70. The predicted octanol–water partition coefficient (Wildman–Crippen LogP) is 1.19. The summed E-state index contributed by atoms with van der Waals surface area (Å²) in [6, 6.07) is 3.90. The van der Waals surface area contributed by atoms with E-state index in [1.54, 1.807) is 13.1 Å². The highest BCUT2D eigenvalue weighted by atomic mass is 16.1. The van der Waals surface area contributed by atoms with E-state index in [4.69, 9.17) is 5.73 Å². The smallest absolute Gasteiger partial charge is 0.257 e. The van der Waals surface area contributed by atoms with Crippen LogP contribution in [0.5, 0.6) is 0 Å². The van der Waals surface area contributed by atoms with Crippen molar-refractivity contribution in [2.24, 2.45) is 0 Å². The van der Waals surface area contributed by atoms with Crippen molar-refractivity contribution < 1.29 is 4.79 Å². The highest BCUT2D eigenvalue weighted by Gasteiger charge is 2.16. The van der Waals surface area contributed by atoms with Gasteiger partial charge in [0, 0.05) is 11.9 Å². The van der Waals surface area contributed by atoms with Crippen LogP contribution in [-0.4, -0.2) is 21.1 Å². The van der Waals surface area contributed by atoms with Crippen molar-refractivity contribution in [1.29, 1.82) is 0 Å². The van der Waals surface area contributed by atoms with E-state index in [0.29, 0.717) is 17.8 Å². The van der Waals surface area contributed by atoms with Crippen LogP contribution in [0.15, 0.2) is 18.3 Å². The largest absolute Gasteiger partial charge is 0.382 e. The molecule has 0 saturated heterocycles. The van der Waals surface area contributed by atoms with Crippen LogP contribution in [0, 0.1) is 6.92 Å². The van der Waals surface area contributed by atoms with Crippen LogP contribution < -0.4 is 11.1 Å². The molecular weight excluding hydrogens is 242 g/mol. The maximum Gasteiger partial charge on any atom is 0.257 e. The first-order valence-electron chi connectivity index (χ1n) is 6.14. The molecule has 19 heavy (non-hydrogen) atoms. The van der Waals surface area contributed by atoms with Gasteiger partial charge in [0.05, 0.1) is 12.2 Å². The molecular formula is C13H17N5O. The molecule has 2 rings (SSSR count). The van der Waals surface area contributed by atoms with Crippen LogP contribution in [0.2, 0.25) is 0 Å². The number of amides is 1. The topological polar surface area (TPSA) is 96.7 Å². The first-order chi connectivity index (χ1) is 9.13. The zero-order valence-electron chi connectivity index (χ0n) is 11.0. The molecule has 1 amide bonds. The molecule has 0 bridgehead atoms. The van der Waals surface area contributed by atoms with Crippen LogP contribution >= 0.6 is 0 Å². The number of H-pyrrole nitrogens is 1. The third-order valence-corrected chi connectivity index (χ3v) is 2.98. The van der Waals surface area contributed by atoms with Crippen molar-refractivity contribution >= 4 is 11.7 Å². The maximum absolute atomic E-state index is 12.0. The number of aryl methyl sites for hydroxylation is 2. The second-order valence-corrected chi connectivity index (χ2v) is 4.25. The molecule has 0 aromatic carbocycles. The molecule has 0 aliphatic rings. The van der Waals surface area contributed by atoms with Gasteiger partial charge >= 0.3 is 0 Å². The van der Waals surface area contributed by atoms with Crippen LogP contribution in [-0.2, 0) is 13.0 Å². The number of nitrogens with one attached hydrogen (secondary N) is 2. The van der Waals surface area contributed by atoms with Gasteiger partial charge in [0.25, 0.3) is 5.91 Å². The Morgan fingerprint density at radius 2 is 2.32 bits per heavy atom. The Balaban J connectivity index is 2.09. The Morgan fingerprint density at radius 3 is 2.95 bits per heavy atom. The summed E-state index contributed by atoms with van der Waals surface area (Å²) >= 11 is 0. The molecule has 0 aliphatic heterocycles. The van der Waals surface area contributed by atoms with E-state index in [1.165, 1.54) is 0 Å². The Labute approximate surface area is 111 Å². The third kappa shape index (κ3) is 2.73. The van der Waals surface area contributed by atoms with Gasteiger partial charge in [-0.1, -0.05) is 13.0 Å². The molecule has 0 unspecified atom stereocenters. The first-order valence-corrected chi connectivity index (χ1v) is 6.14. The fourth-order valence-corrected chi connectivity index (χ4v) is 1.94. The number of nitrogen functional groups attached to an aromatic ring is 1. The number of carbonyl (C=O) groups excluding carboxylic acids is 1. The monoisotopic (exact) mass is 259 g/mol. The molecule has 0 saturated carbocycles. The minimum atomic E-state index is -0.239. The number of aromatic nitrogens is 3. The summed E-state index contributed by atoms with van der Waals surface area (Å²) in [4.78, 5) is 16.3. The lowest BCUT2D eigenvalue weighted by molar-refractivity contribution is 0.0950. The number of carbonyl (C=O) groups is 1.